The van der Waals surface area contributed by atoms with Gasteiger partial charge < -0.3 is 9.47 Å². The fourth-order valence-corrected chi connectivity index (χ4v) is 2.34. The third-order valence-electron chi connectivity index (χ3n) is 3.34. The zero-order chi connectivity index (χ0) is 20.0. The summed E-state index contributed by atoms with van der Waals surface area (Å²) < 4.78 is 10.5. The van der Waals surface area contributed by atoms with Gasteiger partial charge in [-0.2, -0.15) is 0 Å². The molecule has 26 heavy (non-hydrogen) atoms. The van der Waals surface area contributed by atoms with Crippen molar-refractivity contribution in [2.45, 2.75) is 72.0 Å². The van der Waals surface area contributed by atoms with E-state index in [1.807, 2.05) is 30.3 Å². The van der Waals surface area contributed by atoms with Crippen molar-refractivity contribution >= 4 is 17.7 Å². The van der Waals surface area contributed by atoms with Crippen LogP contribution in [-0.4, -0.2) is 28.9 Å². The normalized spacial score (nSPS) is 12.0. The lowest BCUT2D eigenvalue weighted by Gasteiger charge is -2.25. The Balaban J connectivity index is 2.80. The van der Waals surface area contributed by atoms with Crippen molar-refractivity contribution in [3.63, 3.8) is 0 Å². The van der Waals surface area contributed by atoms with Crippen LogP contribution in [0.2, 0.25) is 0 Å². The van der Waals surface area contributed by atoms with Crippen LogP contribution in [0.15, 0.2) is 30.3 Å². The number of Topliss-reactive ketones (excluding diaryl/α,β-unsaturated/α-hetero) is 1. The molecule has 0 fully saturated rings. The number of carbonyl (C=O) groups is 3. The first-order chi connectivity index (χ1) is 11.9. The molecule has 0 N–H and O–H groups in total. The molecule has 0 amide bonds. The molecule has 0 heterocycles. The lowest BCUT2D eigenvalue weighted by molar-refractivity contribution is -0.175. The highest BCUT2D eigenvalue weighted by atomic mass is 16.6. The maximum atomic E-state index is 12.6. The van der Waals surface area contributed by atoms with E-state index in [9.17, 15) is 14.4 Å². The molecule has 0 saturated heterocycles. The number of esters is 2. The van der Waals surface area contributed by atoms with Gasteiger partial charge >= 0.3 is 11.9 Å². The largest absolute Gasteiger partial charge is 0.459 e. The lowest BCUT2D eigenvalue weighted by Crippen LogP contribution is -2.41. The summed E-state index contributed by atoms with van der Waals surface area (Å²) in [7, 11) is 0. The third kappa shape index (κ3) is 8.28. The second-order valence-corrected chi connectivity index (χ2v) is 8.31. The molecule has 0 atom stereocenters. The Morgan fingerprint density at radius 3 is 1.73 bits per heavy atom. The van der Waals surface area contributed by atoms with Gasteiger partial charge in [-0.05, 0) is 59.9 Å². The molecular formula is C21H30O5. The second-order valence-electron chi connectivity index (χ2n) is 8.31. The summed E-state index contributed by atoms with van der Waals surface area (Å²) in [5.74, 6) is -3.71. The first-order valence-electron chi connectivity index (χ1n) is 8.91. The van der Waals surface area contributed by atoms with Crippen LogP contribution in [0.25, 0.3) is 0 Å². The third-order valence-corrected chi connectivity index (χ3v) is 3.34. The Kier molecular flexibility index (Phi) is 7.54. The minimum Gasteiger partial charge on any atom is -0.459 e. The van der Waals surface area contributed by atoms with Gasteiger partial charge in [-0.15, -0.1) is 0 Å². The first-order valence-corrected chi connectivity index (χ1v) is 8.91. The maximum absolute atomic E-state index is 12.6. The summed E-state index contributed by atoms with van der Waals surface area (Å²) >= 11 is 0. The van der Waals surface area contributed by atoms with Crippen LogP contribution in [-0.2, 0) is 30.3 Å². The van der Waals surface area contributed by atoms with Crippen molar-refractivity contribution in [2.24, 2.45) is 5.92 Å². The first kappa shape index (κ1) is 21.9. The van der Waals surface area contributed by atoms with Gasteiger partial charge in [-0.1, -0.05) is 30.3 Å². The van der Waals surface area contributed by atoms with Gasteiger partial charge in [-0.25, -0.2) is 0 Å². The van der Waals surface area contributed by atoms with Crippen LogP contribution in [0.4, 0.5) is 0 Å². The molecule has 1 aromatic rings. The molecule has 1 rings (SSSR count). The summed E-state index contributed by atoms with van der Waals surface area (Å²) in [6, 6.07) is 9.74. The van der Waals surface area contributed by atoms with Gasteiger partial charge in [0, 0.05) is 6.42 Å². The molecule has 0 aromatic heterocycles. The van der Waals surface area contributed by atoms with E-state index < -0.39 is 34.8 Å². The van der Waals surface area contributed by atoms with Gasteiger partial charge in [0.15, 0.2) is 5.78 Å². The zero-order valence-corrected chi connectivity index (χ0v) is 16.6. The summed E-state index contributed by atoms with van der Waals surface area (Å²) in [6.45, 7) is 10.1. The number of ketones is 1. The average molecular weight is 362 g/mol. The molecule has 0 aliphatic rings. The molecule has 0 bridgehead atoms. The highest BCUT2D eigenvalue weighted by molar-refractivity contribution is 6.15. The van der Waals surface area contributed by atoms with Crippen LogP contribution >= 0.6 is 0 Å². The minimum absolute atomic E-state index is 0.109. The van der Waals surface area contributed by atoms with E-state index in [2.05, 4.69) is 0 Å². The van der Waals surface area contributed by atoms with Crippen molar-refractivity contribution in [3.8, 4) is 0 Å². The van der Waals surface area contributed by atoms with E-state index in [1.54, 1.807) is 41.5 Å². The standard InChI is InChI=1S/C21H30O5/c1-20(2,3)25-18(23)17(19(24)26-21(4,5)6)16(22)14-10-13-15-11-8-7-9-12-15/h7-9,11-12,17H,10,13-14H2,1-6H3. The van der Waals surface area contributed by atoms with Crippen LogP contribution in [0.5, 0.6) is 0 Å². The molecule has 0 unspecified atom stereocenters. The molecule has 0 aliphatic carbocycles. The molecule has 0 aliphatic heterocycles. The molecular weight excluding hydrogens is 332 g/mol. The van der Waals surface area contributed by atoms with E-state index in [-0.39, 0.29) is 6.42 Å². The van der Waals surface area contributed by atoms with Crippen LogP contribution in [0, 0.1) is 5.92 Å². The van der Waals surface area contributed by atoms with Crippen LogP contribution in [0.3, 0.4) is 0 Å². The van der Waals surface area contributed by atoms with Crippen molar-refractivity contribution < 1.29 is 23.9 Å². The molecule has 0 spiro atoms. The maximum Gasteiger partial charge on any atom is 0.328 e. The highest BCUT2D eigenvalue weighted by Crippen LogP contribution is 2.19. The van der Waals surface area contributed by atoms with Crippen LogP contribution in [0.1, 0.15) is 59.9 Å². The summed E-state index contributed by atoms with van der Waals surface area (Å²) in [5, 5.41) is 0. The quantitative estimate of drug-likeness (QED) is 0.544. The minimum atomic E-state index is -1.54. The van der Waals surface area contributed by atoms with E-state index >= 15 is 0 Å². The number of carbonyl (C=O) groups excluding carboxylic acids is 3. The smallest absolute Gasteiger partial charge is 0.328 e. The number of aryl methyl sites for hydroxylation is 1. The fourth-order valence-electron chi connectivity index (χ4n) is 2.34. The monoisotopic (exact) mass is 362 g/mol. The van der Waals surface area contributed by atoms with Crippen molar-refractivity contribution in [1.29, 1.82) is 0 Å². The van der Waals surface area contributed by atoms with Gasteiger partial charge in [0.05, 0.1) is 0 Å². The van der Waals surface area contributed by atoms with Crippen molar-refractivity contribution in [3.05, 3.63) is 35.9 Å². The molecule has 5 nitrogen and oxygen atoms in total. The number of rotatable bonds is 7. The molecule has 1 aromatic carbocycles. The second kappa shape index (κ2) is 8.97. The Hall–Kier alpha value is -2.17. The lowest BCUT2D eigenvalue weighted by atomic mass is 9.97. The molecule has 144 valence electrons. The van der Waals surface area contributed by atoms with Gasteiger partial charge in [0.1, 0.15) is 11.2 Å². The van der Waals surface area contributed by atoms with Crippen LogP contribution < -0.4 is 0 Å². The van der Waals surface area contributed by atoms with E-state index in [0.29, 0.717) is 12.8 Å². The summed E-state index contributed by atoms with van der Waals surface area (Å²) in [6.07, 6.45) is 1.35. The molecule has 5 heteroatoms. The zero-order valence-electron chi connectivity index (χ0n) is 16.6. The van der Waals surface area contributed by atoms with Gasteiger partial charge in [0.2, 0.25) is 5.92 Å². The van der Waals surface area contributed by atoms with E-state index in [1.165, 1.54) is 0 Å². The van der Waals surface area contributed by atoms with Gasteiger partial charge in [0.25, 0.3) is 0 Å². The van der Waals surface area contributed by atoms with E-state index in [0.717, 1.165) is 5.56 Å². The van der Waals surface area contributed by atoms with Gasteiger partial charge in [-0.3, -0.25) is 14.4 Å². The Bertz CT molecular complexity index is 592. The Morgan fingerprint density at radius 2 is 1.31 bits per heavy atom. The fraction of sp³-hybridized carbons (Fsp3) is 0.571. The summed E-state index contributed by atoms with van der Waals surface area (Å²) in [5.41, 5.74) is -0.477. The number of benzene rings is 1. The van der Waals surface area contributed by atoms with E-state index in [4.69, 9.17) is 9.47 Å². The highest BCUT2D eigenvalue weighted by Gasteiger charge is 2.39. The number of ether oxygens (including phenoxy) is 2. The molecule has 0 saturated carbocycles. The Labute approximate surface area is 156 Å². The number of hydrogen-bond acceptors (Lipinski definition) is 5. The SMILES string of the molecule is CC(C)(C)OC(=O)C(C(=O)CCCc1ccccc1)C(=O)OC(C)(C)C. The number of hydrogen-bond donors (Lipinski definition) is 0. The van der Waals surface area contributed by atoms with Crippen molar-refractivity contribution in [1.82, 2.24) is 0 Å². The van der Waals surface area contributed by atoms with Crippen molar-refractivity contribution in [2.75, 3.05) is 0 Å². The topological polar surface area (TPSA) is 69.7 Å². The predicted molar refractivity (Wildman–Crippen MR) is 99.6 cm³/mol. The average Bonchev–Trinajstić information content (AvgIpc) is 2.44. The molecule has 0 radical (unpaired) electrons. The predicted octanol–water partition coefficient (Wildman–Crippen LogP) is 3.88. The summed E-state index contributed by atoms with van der Waals surface area (Å²) in [4.78, 5) is 37.4. The Morgan fingerprint density at radius 1 is 0.846 bits per heavy atom.